The molecule has 0 aliphatic rings. The van der Waals surface area contributed by atoms with Gasteiger partial charge in [-0.2, -0.15) is 21.9 Å². The van der Waals surface area contributed by atoms with Gasteiger partial charge in [0.1, 0.15) is 6.15 Å². The Hall–Kier alpha value is -3.62. The Bertz CT molecular complexity index is 1270. The molecule has 5 aromatic rings. The van der Waals surface area contributed by atoms with E-state index in [4.69, 9.17) is 0 Å². The summed E-state index contributed by atoms with van der Waals surface area (Å²) in [5.41, 5.74) is 5.37. The number of hydrogen-bond acceptors (Lipinski definition) is 0. The summed E-state index contributed by atoms with van der Waals surface area (Å²) in [5, 5.41) is 2.59. The molecular weight excluding hydrogens is 457 g/mol. The Kier molecular flexibility index (Phi) is 9.21. The second-order valence-electron chi connectivity index (χ2n) is 10.3. The van der Waals surface area contributed by atoms with E-state index >= 15 is 0 Å². The minimum absolute atomic E-state index is 1.28. The highest BCUT2D eigenvalue weighted by Crippen LogP contribution is 2.17. The van der Waals surface area contributed by atoms with Crippen LogP contribution >= 0.6 is 0 Å². The topological polar surface area (TPSA) is 0 Å². The molecule has 0 aliphatic heterocycles. The van der Waals surface area contributed by atoms with Crippen LogP contribution < -0.4 is 21.9 Å². The van der Waals surface area contributed by atoms with Gasteiger partial charge >= 0.3 is 0 Å². The smallest absolute Gasteiger partial charge is 0.108 e. The molecule has 0 amide bonds. The van der Waals surface area contributed by atoms with Gasteiger partial charge in [0.15, 0.2) is 0 Å². The maximum Gasteiger partial charge on any atom is 0.108 e. The van der Waals surface area contributed by atoms with Crippen LogP contribution in [0.25, 0.3) is 10.8 Å². The average molecular weight is 500 g/mol. The fraction of sp³-hybridized carbons (Fsp3) is 0.222. The molecule has 38 heavy (non-hydrogen) atoms. The van der Waals surface area contributed by atoms with E-state index in [1.807, 2.05) is 0 Å². The molecule has 5 rings (SSSR count). The van der Waals surface area contributed by atoms with Gasteiger partial charge in [-0.25, -0.2) is 0 Å². The SMILES string of the molecule is CC[N+](CC)(CC)CC.c1ccc([B-](c2ccccc2)(c2ccccc2)c2cccc3ccccc23)cc1. The maximum absolute atomic E-state index is 2.31. The molecule has 5 aromatic carbocycles. The van der Waals surface area contributed by atoms with E-state index < -0.39 is 6.15 Å². The highest BCUT2D eigenvalue weighted by Gasteiger charge is 2.32. The van der Waals surface area contributed by atoms with Gasteiger partial charge in [0.25, 0.3) is 0 Å². The van der Waals surface area contributed by atoms with Crippen molar-refractivity contribution in [3.05, 3.63) is 133 Å². The fourth-order valence-electron chi connectivity index (χ4n) is 6.31. The van der Waals surface area contributed by atoms with E-state index in [0.29, 0.717) is 0 Å². The molecule has 0 aliphatic carbocycles. The summed E-state index contributed by atoms with van der Waals surface area (Å²) in [6.07, 6.45) is -1.33. The molecule has 0 N–H and O–H groups in total. The zero-order valence-electron chi connectivity index (χ0n) is 23.6. The molecule has 0 fully saturated rings. The Morgan fingerprint density at radius 3 is 1.18 bits per heavy atom. The number of hydrogen-bond donors (Lipinski definition) is 0. The molecule has 0 unspecified atom stereocenters. The normalized spacial score (nSPS) is 11.6. The van der Waals surface area contributed by atoms with Crippen LogP contribution in [0.4, 0.5) is 0 Å². The predicted molar refractivity (Wildman–Crippen MR) is 170 cm³/mol. The number of nitrogens with zero attached hydrogens (tertiary/aromatic N) is 1. The molecule has 194 valence electrons. The first kappa shape index (κ1) is 27.4. The molecule has 0 aromatic heterocycles. The van der Waals surface area contributed by atoms with Crippen molar-refractivity contribution in [1.29, 1.82) is 0 Å². The first-order valence-corrected chi connectivity index (χ1v) is 14.3. The molecule has 0 spiro atoms. The number of rotatable bonds is 8. The first-order chi connectivity index (χ1) is 18.6. The van der Waals surface area contributed by atoms with E-state index in [1.54, 1.807) is 0 Å². The van der Waals surface area contributed by atoms with Gasteiger partial charge in [-0.3, -0.25) is 0 Å². The molecule has 2 heteroatoms. The van der Waals surface area contributed by atoms with E-state index in [1.165, 1.54) is 63.3 Å². The monoisotopic (exact) mass is 499 g/mol. The summed E-state index contributed by atoms with van der Waals surface area (Å²) in [5.74, 6) is 0. The molecule has 1 nitrogen and oxygen atoms in total. The van der Waals surface area contributed by atoms with Crippen molar-refractivity contribution in [2.75, 3.05) is 26.2 Å². The molecular formula is C36H42BN. The molecule has 0 atom stereocenters. The standard InChI is InChI=1S/C28H22B.C8H20N/c1-4-15-24(16-5-1)29(25-17-6-2-7-18-25,26-19-8-3-9-20-26)28-22-12-14-23-13-10-11-21-27(23)28;1-5-9(6-2,7-3)8-4/h1-22H;5-8H2,1-4H3/q-1;+1. The lowest BCUT2D eigenvalue weighted by atomic mass is 9.12. The number of quaternary nitrogens is 1. The van der Waals surface area contributed by atoms with Crippen LogP contribution in [0.15, 0.2) is 133 Å². The van der Waals surface area contributed by atoms with Crippen LogP contribution in [-0.4, -0.2) is 36.8 Å². The quantitative estimate of drug-likeness (QED) is 0.179. The van der Waals surface area contributed by atoms with E-state index in [2.05, 4.69) is 161 Å². The molecule has 0 bridgehead atoms. The van der Waals surface area contributed by atoms with Gasteiger partial charge in [0.05, 0.1) is 26.2 Å². The Morgan fingerprint density at radius 2 is 0.789 bits per heavy atom. The van der Waals surface area contributed by atoms with Gasteiger partial charge in [-0.1, -0.05) is 139 Å². The van der Waals surface area contributed by atoms with Crippen LogP contribution in [-0.2, 0) is 0 Å². The number of fused-ring (bicyclic) bond motifs is 1. The summed E-state index contributed by atoms with van der Waals surface area (Å²) in [6, 6.07) is 48.4. The average Bonchev–Trinajstić information content (AvgIpc) is 3.01. The predicted octanol–water partition coefficient (Wildman–Crippen LogP) is 6.10. The van der Waals surface area contributed by atoms with Crippen molar-refractivity contribution in [2.45, 2.75) is 27.7 Å². The second kappa shape index (κ2) is 12.8. The van der Waals surface area contributed by atoms with Crippen LogP contribution in [0.5, 0.6) is 0 Å². The van der Waals surface area contributed by atoms with Gasteiger partial charge in [-0.15, -0.1) is 0 Å². The van der Waals surface area contributed by atoms with Gasteiger partial charge < -0.3 is 4.48 Å². The van der Waals surface area contributed by atoms with E-state index in [-0.39, 0.29) is 0 Å². The third-order valence-electron chi connectivity index (χ3n) is 8.87. The lowest BCUT2D eigenvalue weighted by Crippen LogP contribution is -2.74. The Balaban J connectivity index is 0.000000323. The summed E-state index contributed by atoms with van der Waals surface area (Å²) >= 11 is 0. The summed E-state index contributed by atoms with van der Waals surface area (Å²) in [7, 11) is 0. The van der Waals surface area contributed by atoms with E-state index in [9.17, 15) is 0 Å². The third-order valence-corrected chi connectivity index (χ3v) is 8.87. The fourth-order valence-corrected chi connectivity index (χ4v) is 6.31. The van der Waals surface area contributed by atoms with Crippen molar-refractivity contribution in [3.8, 4) is 0 Å². The van der Waals surface area contributed by atoms with Crippen molar-refractivity contribution < 1.29 is 4.48 Å². The molecule has 0 saturated heterocycles. The highest BCUT2D eigenvalue weighted by atomic mass is 15.3. The van der Waals surface area contributed by atoms with Crippen molar-refractivity contribution in [3.63, 3.8) is 0 Å². The lowest BCUT2D eigenvalue weighted by molar-refractivity contribution is -0.921. The van der Waals surface area contributed by atoms with Crippen LogP contribution in [0.3, 0.4) is 0 Å². The van der Waals surface area contributed by atoms with Gasteiger partial charge in [0.2, 0.25) is 0 Å². The minimum atomic E-state index is -1.33. The zero-order chi connectivity index (χ0) is 26.8. The molecule has 0 saturated carbocycles. The van der Waals surface area contributed by atoms with Gasteiger partial charge in [0, 0.05) is 0 Å². The third kappa shape index (κ3) is 5.33. The summed E-state index contributed by atoms with van der Waals surface area (Å²) in [6.45, 7) is 14.2. The van der Waals surface area contributed by atoms with Crippen molar-refractivity contribution >= 4 is 38.8 Å². The summed E-state index contributed by atoms with van der Waals surface area (Å²) in [4.78, 5) is 0. The Labute approximate surface area is 230 Å². The maximum atomic E-state index is 2.31. The molecule has 0 radical (unpaired) electrons. The van der Waals surface area contributed by atoms with E-state index in [0.717, 1.165) is 0 Å². The second-order valence-corrected chi connectivity index (χ2v) is 10.3. The van der Waals surface area contributed by atoms with Crippen LogP contribution in [0.2, 0.25) is 0 Å². The molecule has 0 heterocycles. The van der Waals surface area contributed by atoms with Crippen LogP contribution in [0.1, 0.15) is 27.7 Å². The zero-order valence-corrected chi connectivity index (χ0v) is 23.6. The van der Waals surface area contributed by atoms with Crippen LogP contribution in [0, 0.1) is 0 Å². The first-order valence-electron chi connectivity index (χ1n) is 14.3. The summed E-state index contributed by atoms with van der Waals surface area (Å²) < 4.78 is 1.28. The highest BCUT2D eigenvalue weighted by molar-refractivity contribution is 7.20. The largest absolute Gasteiger partial charge is 0.325 e. The minimum Gasteiger partial charge on any atom is -0.325 e. The Morgan fingerprint density at radius 1 is 0.421 bits per heavy atom. The van der Waals surface area contributed by atoms with Gasteiger partial charge in [-0.05, 0) is 33.1 Å². The van der Waals surface area contributed by atoms with Crippen molar-refractivity contribution in [2.24, 2.45) is 0 Å². The number of benzene rings is 5. The van der Waals surface area contributed by atoms with Crippen molar-refractivity contribution in [1.82, 2.24) is 0 Å². The lowest BCUT2D eigenvalue weighted by Gasteiger charge is -2.45.